The van der Waals surface area contributed by atoms with Gasteiger partial charge in [-0.3, -0.25) is 4.79 Å². The van der Waals surface area contributed by atoms with E-state index < -0.39 is 11.9 Å². The molecule has 0 spiro atoms. The molecule has 1 heterocycles. The molecule has 1 unspecified atom stereocenters. The van der Waals surface area contributed by atoms with E-state index in [0.29, 0.717) is 10.1 Å². The fourth-order valence-electron chi connectivity index (χ4n) is 1.63. The lowest BCUT2D eigenvalue weighted by Gasteiger charge is -2.14. The zero-order valence-electron chi connectivity index (χ0n) is 10.6. The van der Waals surface area contributed by atoms with Crippen LogP contribution in [0.1, 0.15) is 10.8 Å². The number of carbonyl (C=O) groups is 1. The van der Waals surface area contributed by atoms with Crippen molar-refractivity contribution in [3.05, 3.63) is 51.4 Å². The topological polar surface area (TPSA) is 35.5 Å². The molecule has 1 atom stereocenters. The number of esters is 1. The van der Waals surface area contributed by atoms with E-state index in [4.69, 9.17) is 21.1 Å². The maximum Gasteiger partial charge on any atom is 0.317 e. The Morgan fingerprint density at radius 3 is 2.55 bits per heavy atom. The molecule has 6 heteroatoms. The molecule has 3 nitrogen and oxygen atoms in total. The average Bonchev–Trinajstić information content (AvgIpc) is 2.87. The summed E-state index contributed by atoms with van der Waals surface area (Å²) in [5.41, 5.74) is 0. The van der Waals surface area contributed by atoms with E-state index >= 15 is 0 Å². The van der Waals surface area contributed by atoms with Crippen molar-refractivity contribution in [2.45, 2.75) is 5.92 Å². The standard InChI is InChI=1S/C14H12ClFO3S/c1-18-14(17)11(12-6-7-13(15)20-12)8-19-10-4-2-9(16)3-5-10/h2-7,11H,8H2,1H3. The van der Waals surface area contributed by atoms with E-state index in [2.05, 4.69) is 0 Å². The Hall–Kier alpha value is -1.59. The molecular weight excluding hydrogens is 303 g/mol. The third-order valence-corrected chi connectivity index (χ3v) is 4.00. The highest BCUT2D eigenvalue weighted by atomic mass is 35.5. The van der Waals surface area contributed by atoms with E-state index in [-0.39, 0.29) is 12.4 Å². The van der Waals surface area contributed by atoms with E-state index in [1.54, 1.807) is 12.1 Å². The summed E-state index contributed by atoms with van der Waals surface area (Å²) < 4.78 is 23.7. The van der Waals surface area contributed by atoms with E-state index in [0.717, 1.165) is 4.88 Å². The van der Waals surface area contributed by atoms with Crippen LogP contribution >= 0.6 is 22.9 Å². The Kier molecular flexibility index (Phi) is 4.98. The monoisotopic (exact) mass is 314 g/mol. The van der Waals surface area contributed by atoms with Crippen LogP contribution in [0.15, 0.2) is 36.4 Å². The number of ether oxygens (including phenoxy) is 2. The Labute approximate surface area is 124 Å². The molecule has 0 aliphatic rings. The van der Waals surface area contributed by atoms with E-state index in [1.165, 1.54) is 42.7 Å². The first-order valence-electron chi connectivity index (χ1n) is 5.81. The second-order valence-electron chi connectivity index (χ2n) is 3.98. The van der Waals surface area contributed by atoms with Gasteiger partial charge in [0, 0.05) is 4.88 Å². The molecule has 0 aliphatic carbocycles. The van der Waals surface area contributed by atoms with Crippen LogP contribution in [0.3, 0.4) is 0 Å². The predicted molar refractivity (Wildman–Crippen MR) is 76.0 cm³/mol. The molecule has 0 N–H and O–H groups in total. The maximum absolute atomic E-state index is 12.8. The van der Waals surface area contributed by atoms with Crippen LogP contribution in [0.2, 0.25) is 4.34 Å². The molecule has 2 rings (SSSR count). The van der Waals surface area contributed by atoms with Crippen LogP contribution in [0, 0.1) is 5.82 Å². The molecule has 0 amide bonds. The molecular formula is C14H12ClFO3S. The molecule has 1 aromatic heterocycles. The quantitative estimate of drug-likeness (QED) is 0.786. The zero-order chi connectivity index (χ0) is 14.5. The highest BCUT2D eigenvalue weighted by molar-refractivity contribution is 7.16. The van der Waals surface area contributed by atoms with Crippen molar-refractivity contribution in [1.82, 2.24) is 0 Å². The summed E-state index contributed by atoms with van der Waals surface area (Å²) >= 11 is 7.17. The number of benzene rings is 1. The predicted octanol–water partition coefficient (Wildman–Crippen LogP) is 3.88. The minimum absolute atomic E-state index is 0.106. The highest BCUT2D eigenvalue weighted by Gasteiger charge is 2.24. The van der Waals surface area contributed by atoms with Crippen molar-refractivity contribution >= 4 is 28.9 Å². The Balaban J connectivity index is 2.08. The second kappa shape index (κ2) is 6.72. The van der Waals surface area contributed by atoms with Gasteiger partial charge in [0.15, 0.2) is 0 Å². The first kappa shape index (κ1) is 14.8. The molecule has 0 bridgehead atoms. The summed E-state index contributed by atoms with van der Waals surface area (Å²) in [6, 6.07) is 9.09. The minimum Gasteiger partial charge on any atom is -0.492 e. The van der Waals surface area contributed by atoms with Gasteiger partial charge < -0.3 is 9.47 Å². The van der Waals surface area contributed by atoms with Gasteiger partial charge >= 0.3 is 5.97 Å². The van der Waals surface area contributed by atoms with Crippen LogP contribution in [0.4, 0.5) is 4.39 Å². The summed E-state index contributed by atoms with van der Waals surface area (Å²) in [6.07, 6.45) is 0. The number of methoxy groups -OCH3 is 1. The van der Waals surface area contributed by atoms with Crippen molar-refractivity contribution in [3.63, 3.8) is 0 Å². The van der Waals surface area contributed by atoms with Gasteiger partial charge in [-0.05, 0) is 36.4 Å². The van der Waals surface area contributed by atoms with Crippen molar-refractivity contribution in [2.24, 2.45) is 0 Å². The van der Waals surface area contributed by atoms with Crippen molar-refractivity contribution in [2.75, 3.05) is 13.7 Å². The van der Waals surface area contributed by atoms with Crippen LogP contribution < -0.4 is 4.74 Å². The van der Waals surface area contributed by atoms with Gasteiger partial charge in [-0.15, -0.1) is 11.3 Å². The van der Waals surface area contributed by atoms with Gasteiger partial charge in [0.1, 0.15) is 24.1 Å². The van der Waals surface area contributed by atoms with Crippen molar-refractivity contribution in [3.8, 4) is 5.75 Å². The van der Waals surface area contributed by atoms with Crippen LogP contribution in [-0.2, 0) is 9.53 Å². The number of hydrogen-bond donors (Lipinski definition) is 0. The number of rotatable bonds is 5. The van der Waals surface area contributed by atoms with Crippen LogP contribution in [0.25, 0.3) is 0 Å². The van der Waals surface area contributed by atoms with Gasteiger partial charge in [-0.25, -0.2) is 4.39 Å². The third kappa shape index (κ3) is 3.71. The molecule has 0 aliphatic heterocycles. The van der Waals surface area contributed by atoms with Gasteiger partial charge in [-0.1, -0.05) is 11.6 Å². The molecule has 0 saturated heterocycles. The SMILES string of the molecule is COC(=O)C(COc1ccc(F)cc1)c1ccc(Cl)s1. The number of thiophene rings is 1. The number of hydrogen-bond acceptors (Lipinski definition) is 4. The summed E-state index contributed by atoms with van der Waals surface area (Å²) in [4.78, 5) is 12.6. The van der Waals surface area contributed by atoms with Crippen molar-refractivity contribution in [1.29, 1.82) is 0 Å². The number of halogens is 2. The molecule has 1 aromatic carbocycles. The molecule has 106 valence electrons. The first-order chi connectivity index (χ1) is 9.60. The first-order valence-corrected chi connectivity index (χ1v) is 7.01. The lowest BCUT2D eigenvalue weighted by atomic mass is 10.1. The summed E-state index contributed by atoms with van der Waals surface area (Å²) in [5.74, 6) is -0.803. The van der Waals surface area contributed by atoms with Crippen LogP contribution in [0.5, 0.6) is 5.75 Å². The Morgan fingerprint density at radius 2 is 2.00 bits per heavy atom. The lowest BCUT2D eigenvalue weighted by Crippen LogP contribution is -2.20. The fourth-order valence-corrected chi connectivity index (χ4v) is 2.77. The van der Waals surface area contributed by atoms with Gasteiger partial charge in [0.05, 0.1) is 11.4 Å². The fraction of sp³-hybridized carbons (Fsp3) is 0.214. The molecule has 0 fully saturated rings. The van der Waals surface area contributed by atoms with Gasteiger partial charge in [0.25, 0.3) is 0 Å². The van der Waals surface area contributed by atoms with E-state index in [9.17, 15) is 9.18 Å². The lowest BCUT2D eigenvalue weighted by molar-refractivity contribution is -0.143. The third-order valence-electron chi connectivity index (χ3n) is 2.65. The van der Waals surface area contributed by atoms with Crippen LogP contribution in [-0.4, -0.2) is 19.7 Å². The molecule has 0 radical (unpaired) electrons. The average molecular weight is 315 g/mol. The molecule has 2 aromatic rings. The second-order valence-corrected chi connectivity index (χ2v) is 5.73. The Bertz CT molecular complexity index is 582. The van der Waals surface area contributed by atoms with Crippen molar-refractivity contribution < 1.29 is 18.7 Å². The summed E-state index contributed by atoms with van der Waals surface area (Å²) in [6.45, 7) is 0.106. The minimum atomic E-state index is -0.553. The smallest absolute Gasteiger partial charge is 0.317 e. The van der Waals surface area contributed by atoms with Gasteiger partial charge in [0.2, 0.25) is 0 Å². The normalized spacial score (nSPS) is 11.9. The summed E-state index contributed by atoms with van der Waals surface area (Å²) in [7, 11) is 1.32. The zero-order valence-corrected chi connectivity index (χ0v) is 12.2. The highest BCUT2D eigenvalue weighted by Crippen LogP contribution is 2.29. The summed E-state index contributed by atoms with van der Waals surface area (Å²) in [5, 5.41) is 0. The largest absolute Gasteiger partial charge is 0.492 e. The number of carbonyl (C=O) groups excluding carboxylic acids is 1. The molecule has 0 saturated carbocycles. The Morgan fingerprint density at radius 1 is 1.30 bits per heavy atom. The molecule has 20 heavy (non-hydrogen) atoms. The van der Waals surface area contributed by atoms with E-state index in [1.807, 2.05) is 0 Å². The van der Waals surface area contributed by atoms with Gasteiger partial charge in [-0.2, -0.15) is 0 Å². The maximum atomic E-state index is 12.8.